The molecule has 0 fully saturated rings. The molecule has 0 heterocycles. The maximum absolute atomic E-state index is 13.1. The Morgan fingerprint density at radius 3 is 2.75 bits per heavy atom. The van der Waals surface area contributed by atoms with Crippen molar-refractivity contribution in [3.8, 4) is 0 Å². The molecule has 110 valence electrons. The number of urea groups is 1. The first-order valence-corrected chi connectivity index (χ1v) is 5.95. The second kappa shape index (κ2) is 7.44. The number of hydrogen-bond donors (Lipinski definition) is 2. The zero-order valence-electron chi connectivity index (χ0n) is 11.3. The smallest absolute Gasteiger partial charge is 0.321 e. The minimum atomic E-state index is -1.01. The highest BCUT2D eigenvalue weighted by Gasteiger charge is 2.16. The monoisotopic (exact) mass is 284 g/mol. The molecule has 1 atom stereocenters. The van der Waals surface area contributed by atoms with Crippen LogP contribution in [0.5, 0.6) is 0 Å². The maximum atomic E-state index is 13.1. The Morgan fingerprint density at radius 2 is 2.20 bits per heavy atom. The van der Waals surface area contributed by atoms with Gasteiger partial charge in [0.2, 0.25) is 0 Å². The van der Waals surface area contributed by atoms with E-state index in [-0.39, 0.29) is 13.0 Å². The van der Waals surface area contributed by atoms with E-state index >= 15 is 0 Å². The zero-order chi connectivity index (χ0) is 15.1. The molecule has 0 spiro atoms. The molecule has 0 aromatic heterocycles. The molecule has 0 aliphatic heterocycles. The molecule has 1 aromatic rings. The number of nitrogens with zero attached hydrogens (tertiary/aromatic N) is 1. The van der Waals surface area contributed by atoms with Gasteiger partial charge >= 0.3 is 12.0 Å². The number of carbonyl (C=O) groups is 2. The van der Waals surface area contributed by atoms with Crippen LogP contribution in [-0.2, 0) is 9.53 Å². The Bertz CT molecular complexity index is 481. The van der Waals surface area contributed by atoms with Crippen LogP contribution in [0.25, 0.3) is 0 Å². The number of hydrogen-bond acceptors (Lipinski definition) is 3. The van der Waals surface area contributed by atoms with Crippen LogP contribution >= 0.6 is 0 Å². The summed E-state index contributed by atoms with van der Waals surface area (Å²) < 4.78 is 18.0. The van der Waals surface area contributed by atoms with Gasteiger partial charge in [-0.3, -0.25) is 9.69 Å². The van der Waals surface area contributed by atoms with Gasteiger partial charge in [0.1, 0.15) is 5.82 Å². The lowest BCUT2D eigenvalue weighted by Gasteiger charge is -2.20. The number of benzene rings is 1. The van der Waals surface area contributed by atoms with Gasteiger partial charge in [0.15, 0.2) is 0 Å². The van der Waals surface area contributed by atoms with Crippen LogP contribution in [-0.4, -0.2) is 43.9 Å². The highest BCUT2D eigenvalue weighted by molar-refractivity contribution is 5.91. The van der Waals surface area contributed by atoms with E-state index in [1.807, 2.05) is 0 Å². The number of methoxy groups -OCH3 is 1. The Balaban J connectivity index is 2.55. The van der Waals surface area contributed by atoms with Gasteiger partial charge in [0.25, 0.3) is 0 Å². The average molecular weight is 284 g/mol. The Morgan fingerprint density at radius 1 is 1.50 bits per heavy atom. The summed E-state index contributed by atoms with van der Waals surface area (Å²) in [4.78, 5) is 23.6. The summed E-state index contributed by atoms with van der Waals surface area (Å²) in [5.74, 6) is -1.45. The number of rotatable bonds is 6. The molecule has 0 aliphatic carbocycles. The molecule has 20 heavy (non-hydrogen) atoms. The summed E-state index contributed by atoms with van der Waals surface area (Å²) in [6.45, 7) is 0.0568. The second-order valence-electron chi connectivity index (χ2n) is 4.18. The van der Waals surface area contributed by atoms with Crippen molar-refractivity contribution >= 4 is 17.7 Å². The van der Waals surface area contributed by atoms with E-state index in [1.165, 1.54) is 37.3 Å². The molecular formula is C13H17FN2O4. The van der Waals surface area contributed by atoms with Gasteiger partial charge in [-0.05, 0) is 18.2 Å². The Kier molecular flexibility index (Phi) is 5.92. The second-order valence-corrected chi connectivity index (χ2v) is 4.18. The summed E-state index contributed by atoms with van der Waals surface area (Å²) in [6, 6.07) is 5.13. The third kappa shape index (κ3) is 4.85. The predicted molar refractivity (Wildman–Crippen MR) is 71.3 cm³/mol. The summed E-state index contributed by atoms with van der Waals surface area (Å²) in [5.41, 5.74) is 0.398. The SMILES string of the molecule is COC(CNC(=O)N(C)c1cccc(F)c1)CC(=O)O. The van der Waals surface area contributed by atoms with Crippen LogP contribution < -0.4 is 10.2 Å². The van der Waals surface area contributed by atoms with Gasteiger partial charge in [-0.25, -0.2) is 9.18 Å². The van der Waals surface area contributed by atoms with Crippen LogP contribution in [0, 0.1) is 5.82 Å². The van der Waals surface area contributed by atoms with Crippen molar-refractivity contribution < 1.29 is 23.8 Å². The van der Waals surface area contributed by atoms with Gasteiger partial charge in [0, 0.05) is 26.4 Å². The summed E-state index contributed by atoms with van der Waals surface area (Å²) in [7, 11) is 2.86. The summed E-state index contributed by atoms with van der Waals surface area (Å²) in [5, 5.41) is 11.2. The molecule has 1 aromatic carbocycles. The molecule has 0 aliphatic rings. The van der Waals surface area contributed by atoms with Crippen LogP contribution in [0.4, 0.5) is 14.9 Å². The molecule has 0 saturated carbocycles. The number of ether oxygens (including phenoxy) is 1. The molecule has 0 radical (unpaired) electrons. The van der Waals surface area contributed by atoms with Crippen LogP contribution in [0.3, 0.4) is 0 Å². The fourth-order valence-corrected chi connectivity index (χ4v) is 1.56. The van der Waals surface area contributed by atoms with E-state index in [0.29, 0.717) is 5.69 Å². The lowest BCUT2D eigenvalue weighted by atomic mass is 10.2. The van der Waals surface area contributed by atoms with Crippen molar-refractivity contribution in [2.75, 3.05) is 25.6 Å². The topological polar surface area (TPSA) is 78.9 Å². The molecule has 2 amide bonds. The minimum Gasteiger partial charge on any atom is -0.481 e. The standard InChI is InChI=1S/C13H17FN2O4/c1-16(10-5-3-4-9(14)6-10)13(19)15-8-11(20-2)7-12(17)18/h3-6,11H,7-8H2,1-2H3,(H,15,19)(H,17,18). The third-order valence-corrected chi connectivity index (χ3v) is 2.72. The van der Waals surface area contributed by atoms with Crippen molar-refractivity contribution in [3.63, 3.8) is 0 Å². The number of carbonyl (C=O) groups excluding carboxylic acids is 1. The van der Waals surface area contributed by atoms with Gasteiger partial charge in [-0.2, -0.15) is 0 Å². The Labute approximate surface area is 116 Å². The van der Waals surface area contributed by atoms with Gasteiger partial charge in [0.05, 0.1) is 12.5 Å². The number of halogens is 1. The molecular weight excluding hydrogens is 267 g/mol. The van der Waals surface area contributed by atoms with E-state index < -0.39 is 23.9 Å². The molecule has 2 N–H and O–H groups in total. The highest BCUT2D eigenvalue weighted by Crippen LogP contribution is 2.13. The van der Waals surface area contributed by atoms with Crippen LogP contribution in [0.2, 0.25) is 0 Å². The molecule has 7 heteroatoms. The highest BCUT2D eigenvalue weighted by atomic mass is 19.1. The van der Waals surface area contributed by atoms with Gasteiger partial charge in [-0.15, -0.1) is 0 Å². The van der Waals surface area contributed by atoms with Crippen molar-refractivity contribution in [2.24, 2.45) is 0 Å². The van der Waals surface area contributed by atoms with E-state index in [9.17, 15) is 14.0 Å². The van der Waals surface area contributed by atoms with E-state index in [4.69, 9.17) is 9.84 Å². The number of amides is 2. The molecule has 1 unspecified atom stereocenters. The molecule has 0 saturated heterocycles. The summed E-state index contributed by atoms with van der Waals surface area (Å²) in [6.07, 6.45) is -0.821. The lowest BCUT2D eigenvalue weighted by molar-refractivity contribution is -0.139. The van der Waals surface area contributed by atoms with Crippen molar-refractivity contribution in [1.82, 2.24) is 5.32 Å². The number of anilines is 1. The fourth-order valence-electron chi connectivity index (χ4n) is 1.56. The van der Waals surface area contributed by atoms with Crippen molar-refractivity contribution in [1.29, 1.82) is 0 Å². The number of aliphatic carboxylic acids is 1. The maximum Gasteiger partial charge on any atom is 0.321 e. The quantitative estimate of drug-likeness (QED) is 0.829. The van der Waals surface area contributed by atoms with Crippen LogP contribution in [0.1, 0.15) is 6.42 Å². The van der Waals surface area contributed by atoms with Crippen molar-refractivity contribution in [3.05, 3.63) is 30.1 Å². The number of carboxylic acids is 1. The normalized spacial score (nSPS) is 11.8. The van der Waals surface area contributed by atoms with E-state index in [2.05, 4.69) is 5.32 Å². The van der Waals surface area contributed by atoms with Crippen molar-refractivity contribution in [2.45, 2.75) is 12.5 Å². The first kappa shape index (κ1) is 15.9. The molecule has 1 rings (SSSR count). The first-order chi connectivity index (χ1) is 9.43. The largest absolute Gasteiger partial charge is 0.481 e. The van der Waals surface area contributed by atoms with E-state index in [0.717, 1.165) is 0 Å². The first-order valence-electron chi connectivity index (χ1n) is 5.95. The van der Waals surface area contributed by atoms with E-state index in [1.54, 1.807) is 6.07 Å². The number of nitrogens with one attached hydrogen (secondary N) is 1. The van der Waals surface area contributed by atoms with Gasteiger partial charge in [-0.1, -0.05) is 6.07 Å². The lowest BCUT2D eigenvalue weighted by Crippen LogP contribution is -2.42. The van der Waals surface area contributed by atoms with Gasteiger partial charge < -0.3 is 15.2 Å². The molecule has 6 nitrogen and oxygen atoms in total. The van der Waals surface area contributed by atoms with Crippen LogP contribution in [0.15, 0.2) is 24.3 Å². The minimum absolute atomic E-state index is 0.0568. The summed E-state index contributed by atoms with van der Waals surface area (Å²) >= 11 is 0. The fraction of sp³-hybridized carbons (Fsp3) is 0.385. The average Bonchev–Trinajstić information content (AvgIpc) is 2.41. The molecule has 0 bridgehead atoms. The third-order valence-electron chi connectivity index (χ3n) is 2.72. The predicted octanol–water partition coefficient (Wildman–Crippen LogP) is 1.46. The Hall–Kier alpha value is -2.15. The number of carboxylic acid groups (broad SMARTS) is 1. The zero-order valence-corrected chi connectivity index (χ0v) is 11.3.